The van der Waals surface area contributed by atoms with Crippen molar-refractivity contribution < 1.29 is 8.83 Å². The van der Waals surface area contributed by atoms with E-state index in [2.05, 4.69) is 6.07 Å². The van der Waals surface area contributed by atoms with Gasteiger partial charge in [-0.1, -0.05) is 0 Å². The Morgan fingerprint density at radius 3 is 2.55 bits per heavy atom. The predicted octanol–water partition coefficient (Wildman–Crippen LogP) is 4.03. The van der Waals surface area contributed by atoms with E-state index in [4.69, 9.17) is 8.83 Å². The minimum atomic E-state index is -0.297. The molecule has 0 saturated carbocycles. The van der Waals surface area contributed by atoms with Crippen molar-refractivity contribution in [3.63, 3.8) is 0 Å². The number of aryl methyl sites for hydroxylation is 4. The van der Waals surface area contributed by atoms with Crippen LogP contribution >= 0.6 is 0 Å². The summed E-state index contributed by atoms with van der Waals surface area (Å²) in [7, 11) is 0. The first-order valence-corrected chi connectivity index (χ1v) is 7.13. The second kappa shape index (κ2) is 3.98. The van der Waals surface area contributed by atoms with E-state index in [0.717, 1.165) is 40.7 Å². The molecule has 2 heterocycles. The lowest BCUT2D eigenvalue weighted by Crippen LogP contribution is -2.00. The summed E-state index contributed by atoms with van der Waals surface area (Å²) >= 11 is 0. The van der Waals surface area contributed by atoms with E-state index in [9.17, 15) is 4.79 Å². The van der Waals surface area contributed by atoms with E-state index in [1.165, 1.54) is 23.8 Å². The summed E-state index contributed by atoms with van der Waals surface area (Å²) in [6.07, 6.45) is 4.52. The van der Waals surface area contributed by atoms with E-state index >= 15 is 0 Å². The molecular weight excluding hydrogens is 252 g/mol. The zero-order valence-electron chi connectivity index (χ0n) is 11.7. The summed E-state index contributed by atoms with van der Waals surface area (Å²) < 4.78 is 11.4. The van der Waals surface area contributed by atoms with Crippen molar-refractivity contribution >= 4 is 21.9 Å². The van der Waals surface area contributed by atoms with Crippen LogP contribution in [0.15, 0.2) is 25.8 Å². The Bertz CT molecular complexity index is 896. The largest absolute Gasteiger partial charge is 0.460 e. The molecule has 0 aliphatic heterocycles. The first-order valence-electron chi connectivity index (χ1n) is 7.13. The first-order chi connectivity index (χ1) is 9.65. The number of fused-ring (bicyclic) bond motifs is 4. The van der Waals surface area contributed by atoms with Crippen LogP contribution in [0.4, 0.5) is 0 Å². The Kier molecular flexibility index (Phi) is 2.34. The van der Waals surface area contributed by atoms with Gasteiger partial charge in [0.2, 0.25) is 0 Å². The molecule has 0 bridgehead atoms. The average molecular weight is 268 g/mol. The summed E-state index contributed by atoms with van der Waals surface area (Å²) in [6, 6.07) is 3.68. The summed E-state index contributed by atoms with van der Waals surface area (Å²) in [5.74, 6) is 1.12. The molecule has 1 aliphatic carbocycles. The Morgan fingerprint density at radius 1 is 0.950 bits per heavy atom. The number of rotatable bonds is 0. The topological polar surface area (TPSA) is 43.4 Å². The molecule has 1 aromatic carbocycles. The molecule has 0 amide bonds. The molecule has 0 atom stereocenters. The highest BCUT2D eigenvalue weighted by molar-refractivity contribution is 6.00. The fourth-order valence-electron chi connectivity index (χ4n) is 3.35. The number of benzene rings is 1. The van der Waals surface area contributed by atoms with Crippen LogP contribution in [-0.2, 0) is 12.8 Å². The van der Waals surface area contributed by atoms with Gasteiger partial charge >= 0.3 is 5.63 Å². The summed E-state index contributed by atoms with van der Waals surface area (Å²) in [6.45, 7) is 3.93. The van der Waals surface area contributed by atoms with Crippen molar-refractivity contribution in [1.29, 1.82) is 0 Å². The van der Waals surface area contributed by atoms with Gasteiger partial charge in [-0.3, -0.25) is 0 Å². The standard InChI is InChI=1S/C17H16O3/c1-9-7-15(18)20-16-10(2)17-13(8-12(9)16)11-5-3-4-6-14(11)19-17/h7-8H,3-6H2,1-2H3. The second-order valence-corrected chi connectivity index (χ2v) is 5.71. The van der Waals surface area contributed by atoms with E-state index in [1.54, 1.807) is 6.07 Å². The Hall–Kier alpha value is -2.03. The molecule has 4 rings (SSSR count). The minimum Gasteiger partial charge on any atom is -0.460 e. The lowest BCUT2D eigenvalue weighted by Gasteiger charge is -2.08. The Balaban J connectivity index is 2.21. The molecule has 0 unspecified atom stereocenters. The second-order valence-electron chi connectivity index (χ2n) is 5.71. The zero-order chi connectivity index (χ0) is 13.9. The van der Waals surface area contributed by atoms with Gasteiger partial charge in [0.05, 0.1) is 0 Å². The van der Waals surface area contributed by atoms with Gasteiger partial charge in [-0.2, -0.15) is 0 Å². The van der Waals surface area contributed by atoms with Crippen LogP contribution < -0.4 is 5.63 Å². The van der Waals surface area contributed by atoms with Crippen molar-refractivity contribution in [2.45, 2.75) is 39.5 Å². The van der Waals surface area contributed by atoms with Crippen molar-refractivity contribution in [3.8, 4) is 0 Å². The molecule has 0 spiro atoms. The van der Waals surface area contributed by atoms with Gasteiger partial charge in [-0.05, 0) is 44.7 Å². The Labute approximate surface area is 116 Å². The van der Waals surface area contributed by atoms with Gasteiger partial charge in [0.1, 0.15) is 16.9 Å². The van der Waals surface area contributed by atoms with Gasteiger partial charge in [-0.15, -0.1) is 0 Å². The molecule has 0 radical (unpaired) electrons. The van der Waals surface area contributed by atoms with Gasteiger partial charge in [0, 0.05) is 34.4 Å². The van der Waals surface area contributed by atoms with Gasteiger partial charge < -0.3 is 8.83 Å². The number of furan rings is 1. The molecule has 0 saturated heterocycles. The molecular formula is C17H16O3. The molecule has 2 aromatic heterocycles. The van der Waals surface area contributed by atoms with Crippen molar-refractivity contribution in [1.82, 2.24) is 0 Å². The van der Waals surface area contributed by atoms with Crippen molar-refractivity contribution in [3.05, 3.63) is 45.0 Å². The Morgan fingerprint density at radius 2 is 1.70 bits per heavy atom. The third-order valence-corrected chi connectivity index (χ3v) is 4.39. The maximum Gasteiger partial charge on any atom is 0.336 e. The van der Waals surface area contributed by atoms with Crippen LogP contribution in [0.25, 0.3) is 21.9 Å². The molecule has 3 nitrogen and oxygen atoms in total. The lowest BCUT2D eigenvalue weighted by molar-refractivity contribution is 0.503. The third kappa shape index (κ3) is 1.49. The number of hydrogen-bond donors (Lipinski definition) is 0. The maximum absolute atomic E-state index is 11.6. The zero-order valence-corrected chi connectivity index (χ0v) is 11.7. The monoisotopic (exact) mass is 268 g/mol. The van der Waals surface area contributed by atoms with Crippen LogP contribution in [0, 0.1) is 13.8 Å². The highest BCUT2D eigenvalue weighted by atomic mass is 16.4. The maximum atomic E-state index is 11.6. The van der Waals surface area contributed by atoms with E-state index in [1.807, 2.05) is 13.8 Å². The van der Waals surface area contributed by atoms with Crippen molar-refractivity contribution in [2.24, 2.45) is 0 Å². The molecule has 1 aliphatic rings. The van der Waals surface area contributed by atoms with Gasteiger partial charge in [0.25, 0.3) is 0 Å². The van der Waals surface area contributed by atoms with Gasteiger partial charge in [-0.25, -0.2) is 4.79 Å². The van der Waals surface area contributed by atoms with Crippen LogP contribution in [0.1, 0.15) is 35.3 Å². The third-order valence-electron chi connectivity index (χ3n) is 4.39. The minimum absolute atomic E-state index is 0.297. The van der Waals surface area contributed by atoms with Crippen LogP contribution in [0.5, 0.6) is 0 Å². The SMILES string of the molecule is Cc1cc(=O)oc2c(C)c3oc4c(c3cc12)CCCC4. The molecule has 3 aromatic rings. The molecule has 0 N–H and O–H groups in total. The summed E-state index contributed by atoms with van der Waals surface area (Å²) in [4.78, 5) is 11.6. The smallest absolute Gasteiger partial charge is 0.336 e. The summed E-state index contributed by atoms with van der Waals surface area (Å²) in [5.41, 5.74) is 4.50. The fourth-order valence-corrected chi connectivity index (χ4v) is 3.35. The van der Waals surface area contributed by atoms with Crippen molar-refractivity contribution in [2.75, 3.05) is 0 Å². The molecule has 102 valence electrons. The fraction of sp³-hybridized carbons (Fsp3) is 0.353. The first kappa shape index (κ1) is 11.8. The lowest BCUT2D eigenvalue weighted by atomic mass is 9.94. The van der Waals surface area contributed by atoms with E-state index in [-0.39, 0.29) is 5.63 Å². The quantitative estimate of drug-likeness (QED) is 0.578. The van der Waals surface area contributed by atoms with Crippen LogP contribution in [0.3, 0.4) is 0 Å². The normalized spacial score (nSPS) is 14.9. The molecule has 3 heteroatoms. The highest BCUT2D eigenvalue weighted by Crippen LogP contribution is 2.37. The summed E-state index contributed by atoms with van der Waals surface area (Å²) in [5, 5.41) is 2.21. The van der Waals surface area contributed by atoms with E-state index in [0.29, 0.717) is 5.58 Å². The highest BCUT2D eigenvalue weighted by Gasteiger charge is 2.21. The predicted molar refractivity (Wildman–Crippen MR) is 78.4 cm³/mol. The van der Waals surface area contributed by atoms with Gasteiger partial charge in [0.15, 0.2) is 0 Å². The average Bonchev–Trinajstić information content (AvgIpc) is 2.80. The van der Waals surface area contributed by atoms with Crippen LogP contribution in [0.2, 0.25) is 0 Å². The molecule has 0 fully saturated rings. The van der Waals surface area contributed by atoms with Crippen LogP contribution in [-0.4, -0.2) is 0 Å². The molecule has 20 heavy (non-hydrogen) atoms. The number of hydrogen-bond acceptors (Lipinski definition) is 3. The van der Waals surface area contributed by atoms with E-state index < -0.39 is 0 Å².